The third-order valence-corrected chi connectivity index (χ3v) is 3.83. The van der Waals surface area contributed by atoms with Gasteiger partial charge in [-0.1, -0.05) is 33.6 Å². The Labute approximate surface area is 114 Å². The van der Waals surface area contributed by atoms with Crippen LogP contribution in [0.4, 0.5) is 5.69 Å². The Balaban J connectivity index is 1.88. The average molecular weight is 309 g/mol. The number of nitrogens with zero attached hydrogens (tertiary/aromatic N) is 1. The maximum Gasteiger partial charge on any atom is 0.0437 e. The number of benzene rings is 2. The smallest absolute Gasteiger partial charge is 0.0437 e. The number of halogens is 2. The highest BCUT2D eigenvalue weighted by atomic mass is 79.9. The van der Waals surface area contributed by atoms with E-state index in [1.807, 2.05) is 12.1 Å². The number of hydrogen-bond donors (Lipinski definition) is 0. The van der Waals surface area contributed by atoms with Gasteiger partial charge in [0.05, 0.1) is 0 Å². The van der Waals surface area contributed by atoms with Gasteiger partial charge in [0.2, 0.25) is 0 Å². The Hall–Kier alpha value is -0.990. The molecule has 0 fully saturated rings. The maximum absolute atomic E-state index is 5.90. The average Bonchev–Trinajstić information content (AvgIpc) is 2.72. The second-order valence-electron chi connectivity index (χ2n) is 4.25. The van der Waals surface area contributed by atoms with Gasteiger partial charge in [-0.15, -0.1) is 0 Å². The van der Waals surface area contributed by atoms with Gasteiger partial charge in [-0.3, -0.25) is 0 Å². The van der Waals surface area contributed by atoms with E-state index in [-0.39, 0.29) is 0 Å². The number of fused-ring (bicyclic) bond motifs is 1. The summed E-state index contributed by atoms with van der Waals surface area (Å²) in [5, 5.41) is 0.785. The molecule has 0 unspecified atom stereocenters. The molecule has 0 atom stereocenters. The third kappa shape index (κ3) is 2.20. The van der Waals surface area contributed by atoms with Crippen LogP contribution >= 0.6 is 27.5 Å². The van der Waals surface area contributed by atoms with Gasteiger partial charge in [0.1, 0.15) is 0 Å². The second-order valence-corrected chi connectivity index (χ2v) is 5.60. The Kier molecular flexibility index (Phi) is 2.85. The highest BCUT2D eigenvalue weighted by Gasteiger charge is 2.18. The van der Waals surface area contributed by atoms with E-state index in [4.69, 9.17) is 11.6 Å². The monoisotopic (exact) mass is 307 g/mol. The van der Waals surface area contributed by atoms with Crippen LogP contribution < -0.4 is 4.90 Å². The topological polar surface area (TPSA) is 3.24 Å². The lowest BCUT2D eigenvalue weighted by atomic mass is 10.1. The highest BCUT2D eigenvalue weighted by molar-refractivity contribution is 9.10. The van der Waals surface area contributed by atoms with Crippen molar-refractivity contribution in [3.8, 4) is 0 Å². The molecule has 0 aromatic heterocycles. The van der Waals surface area contributed by atoms with Crippen LogP contribution in [0.2, 0.25) is 5.02 Å². The lowest BCUT2D eigenvalue weighted by Crippen LogP contribution is -2.13. The van der Waals surface area contributed by atoms with Gasteiger partial charge in [-0.2, -0.15) is 0 Å². The Bertz CT molecular complexity index is 551. The van der Waals surface area contributed by atoms with Crippen LogP contribution in [-0.2, 0) is 13.1 Å². The summed E-state index contributed by atoms with van der Waals surface area (Å²) in [7, 11) is 0. The molecule has 0 saturated heterocycles. The van der Waals surface area contributed by atoms with Crippen LogP contribution in [0.5, 0.6) is 0 Å². The van der Waals surface area contributed by atoms with Crippen LogP contribution in [0, 0.1) is 0 Å². The maximum atomic E-state index is 5.90. The summed E-state index contributed by atoms with van der Waals surface area (Å²) in [5.41, 5.74) is 4.03. The van der Waals surface area contributed by atoms with E-state index in [1.54, 1.807) is 0 Å². The first-order valence-electron chi connectivity index (χ1n) is 5.50. The quantitative estimate of drug-likeness (QED) is 0.743. The molecule has 0 aliphatic carbocycles. The first-order valence-corrected chi connectivity index (χ1v) is 6.67. The molecule has 0 spiro atoms. The molecule has 86 valence electrons. The van der Waals surface area contributed by atoms with Crippen molar-refractivity contribution in [2.45, 2.75) is 13.1 Å². The van der Waals surface area contributed by atoms with E-state index in [2.05, 4.69) is 51.2 Å². The molecule has 0 radical (unpaired) electrons. The van der Waals surface area contributed by atoms with Crippen LogP contribution in [0.15, 0.2) is 46.9 Å². The number of rotatable bonds is 1. The zero-order chi connectivity index (χ0) is 11.8. The van der Waals surface area contributed by atoms with Crippen molar-refractivity contribution in [1.82, 2.24) is 0 Å². The van der Waals surface area contributed by atoms with Crippen molar-refractivity contribution in [3.63, 3.8) is 0 Å². The first-order chi connectivity index (χ1) is 8.22. The fraction of sp³-hybridized carbons (Fsp3) is 0.143. The zero-order valence-corrected chi connectivity index (χ0v) is 11.5. The molecule has 1 aliphatic heterocycles. The molecule has 0 amide bonds. The van der Waals surface area contributed by atoms with Gasteiger partial charge >= 0.3 is 0 Å². The summed E-state index contributed by atoms with van der Waals surface area (Å²) in [6.07, 6.45) is 0. The van der Waals surface area contributed by atoms with Crippen LogP contribution in [0.25, 0.3) is 0 Å². The normalized spacial score (nSPS) is 13.9. The molecule has 1 nitrogen and oxygen atoms in total. The Morgan fingerprint density at radius 3 is 2.41 bits per heavy atom. The van der Waals surface area contributed by atoms with Gasteiger partial charge in [-0.25, -0.2) is 0 Å². The van der Waals surface area contributed by atoms with E-state index < -0.39 is 0 Å². The summed E-state index contributed by atoms with van der Waals surface area (Å²) in [5.74, 6) is 0. The molecule has 1 aliphatic rings. The largest absolute Gasteiger partial charge is 0.363 e. The summed E-state index contributed by atoms with van der Waals surface area (Å²) in [6.45, 7) is 1.95. The number of hydrogen-bond acceptors (Lipinski definition) is 1. The molecule has 1 heterocycles. The molecule has 3 heteroatoms. The highest BCUT2D eigenvalue weighted by Crippen LogP contribution is 2.30. The van der Waals surface area contributed by atoms with Crippen molar-refractivity contribution < 1.29 is 0 Å². The Morgan fingerprint density at radius 1 is 0.941 bits per heavy atom. The van der Waals surface area contributed by atoms with Crippen LogP contribution in [0.1, 0.15) is 11.1 Å². The summed E-state index contributed by atoms with van der Waals surface area (Å²) < 4.78 is 1.15. The molecule has 0 bridgehead atoms. The predicted octanol–water partition coefficient (Wildman–Crippen LogP) is 4.62. The van der Waals surface area contributed by atoms with Crippen molar-refractivity contribution in [3.05, 3.63) is 63.1 Å². The van der Waals surface area contributed by atoms with Crippen LogP contribution in [0.3, 0.4) is 0 Å². The molecule has 17 heavy (non-hydrogen) atoms. The second kappa shape index (κ2) is 4.35. The van der Waals surface area contributed by atoms with E-state index in [0.717, 1.165) is 22.6 Å². The minimum atomic E-state index is 0.785. The van der Waals surface area contributed by atoms with Gasteiger partial charge in [0, 0.05) is 28.3 Å². The summed E-state index contributed by atoms with van der Waals surface area (Å²) in [6, 6.07) is 14.5. The summed E-state index contributed by atoms with van der Waals surface area (Å²) >= 11 is 9.42. The molecular formula is C14H11BrClN. The van der Waals surface area contributed by atoms with Gasteiger partial charge in [-0.05, 0) is 47.5 Å². The Morgan fingerprint density at radius 2 is 1.65 bits per heavy atom. The molecule has 2 aromatic rings. The molecule has 2 aromatic carbocycles. The molecule has 3 rings (SSSR count). The molecule has 0 saturated carbocycles. The van der Waals surface area contributed by atoms with Gasteiger partial charge in [0.25, 0.3) is 0 Å². The predicted molar refractivity (Wildman–Crippen MR) is 75.5 cm³/mol. The fourth-order valence-electron chi connectivity index (χ4n) is 2.20. The minimum Gasteiger partial charge on any atom is -0.363 e. The van der Waals surface area contributed by atoms with Crippen molar-refractivity contribution in [1.29, 1.82) is 0 Å². The standard InChI is InChI=1S/C14H11BrClN/c15-12-2-1-10-8-17(9-11(10)7-12)14-5-3-13(16)4-6-14/h1-7H,8-9H2. The lowest BCUT2D eigenvalue weighted by Gasteiger charge is -2.17. The summed E-state index contributed by atoms with van der Waals surface area (Å²) in [4.78, 5) is 2.35. The van der Waals surface area contributed by atoms with Gasteiger partial charge < -0.3 is 4.90 Å². The van der Waals surface area contributed by atoms with Crippen LogP contribution in [-0.4, -0.2) is 0 Å². The zero-order valence-electron chi connectivity index (χ0n) is 9.16. The number of anilines is 1. The van der Waals surface area contributed by atoms with E-state index in [1.165, 1.54) is 16.8 Å². The molecular weight excluding hydrogens is 298 g/mol. The fourth-order valence-corrected chi connectivity index (χ4v) is 2.73. The van der Waals surface area contributed by atoms with E-state index in [9.17, 15) is 0 Å². The molecule has 0 N–H and O–H groups in total. The third-order valence-electron chi connectivity index (χ3n) is 3.08. The van der Waals surface area contributed by atoms with E-state index in [0.29, 0.717) is 0 Å². The first kappa shape index (κ1) is 11.1. The SMILES string of the molecule is Clc1ccc(N2Cc3ccc(Br)cc3C2)cc1. The van der Waals surface area contributed by atoms with Crippen molar-refractivity contribution in [2.24, 2.45) is 0 Å². The van der Waals surface area contributed by atoms with Crippen molar-refractivity contribution >= 4 is 33.2 Å². The minimum absolute atomic E-state index is 0.785. The van der Waals surface area contributed by atoms with Crippen molar-refractivity contribution in [2.75, 3.05) is 4.90 Å². The lowest BCUT2D eigenvalue weighted by molar-refractivity contribution is 0.880. The van der Waals surface area contributed by atoms with E-state index >= 15 is 0 Å². The van der Waals surface area contributed by atoms with Gasteiger partial charge in [0.15, 0.2) is 0 Å².